The fraction of sp³-hybridized carbons (Fsp3) is 0.296. The predicted molar refractivity (Wildman–Crippen MR) is 152 cm³/mol. The minimum atomic E-state index is -3.15. The van der Waals surface area contributed by atoms with E-state index >= 15 is 0 Å². The van der Waals surface area contributed by atoms with E-state index in [2.05, 4.69) is 6.92 Å². The van der Waals surface area contributed by atoms with E-state index in [1.54, 1.807) is 4.68 Å². The average molecular weight is 554 g/mol. The summed E-state index contributed by atoms with van der Waals surface area (Å²) in [6.07, 6.45) is 5.05. The van der Waals surface area contributed by atoms with E-state index in [-0.39, 0.29) is 17.4 Å². The maximum atomic E-state index is 13.4. The zero-order valence-corrected chi connectivity index (χ0v) is 23.0. The Balaban J connectivity index is 1.54. The normalized spacial score (nSPS) is 20.2. The first-order valence-corrected chi connectivity index (χ1v) is 15.2. The van der Waals surface area contributed by atoms with Gasteiger partial charge in [0.05, 0.1) is 34.7 Å². The first kappa shape index (κ1) is 25.7. The van der Waals surface area contributed by atoms with Crippen LogP contribution in [-0.4, -0.2) is 57.5 Å². The van der Waals surface area contributed by atoms with Crippen molar-refractivity contribution in [2.75, 3.05) is 18.1 Å². The molecule has 1 amide bonds. The lowest BCUT2D eigenvalue weighted by Crippen LogP contribution is -2.39. The molecule has 0 bridgehead atoms. The number of thioether (sulfide) groups is 1. The van der Waals surface area contributed by atoms with Crippen molar-refractivity contribution in [2.45, 2.75) is 32.7 Å². The summed E-state index contributed by atoms with van der Waals surface area (Å²) in [5.41, 5.74) is 4.34. The molecule has 2 fully saturated rings. The standard InChI is InChI=1S/C27H27N3O4S3/c1-3-12-34-22-9-10-23(18(2)14-22)25-19(16-29(28-25)20-7-5-4-6-8-20)15-24-26(31)30(27(35)36-24)21-11-13-37(32,33)17-21/h4-10,14-16,21H,3,11-13,17H2,1-2H3. The summed E-state index contributed by atoms with van der Waals surface area (Å²) in [4.78, 5) is 15.3. The highest BCUT2D eigenvalue weighted by atomic mass is 32.2. The lowest BCUT2D eigenvalue weighted by molar-refractivity contribution is -0.123. The smallest absolute Gasteiger partial charge is 0.266 e. The number of para-hydroxylation sites is 1. The van der Waals surface area contributed by atoms with Crippen molar-refractivity contribution in [3.05, 3.63) is 70.8 Å². The predicted octanol–water partition coefficient (Wildman–Crippen LogP) is 5.02. The quantitative estimate of drug-likeness (QED) is 0.300. The molecule has 10 heteroatoms. The van der Waals surface area contributed by atoms with E-state index in [4.69, 9.17) is 22.1 Å². The second-order valence-electron chi connectivity index (χ2n) is 9.15. The molecule has 37 heavy (non-hydrogen) atoms. The van der Waals surface area contributed by atoms with Gasteiger partial charge in [-0.25, -0.2) is 13.1 Å². The van der Waals surface area contributed by atoms with Crippen molar-refractivity contribution < 1.29 is 17.9 Å². The number of aryl methyl sites for hydroxylation is 1. The Bertz CT molecular complexity index is 1500. The summed E-state index contributed by atoms with van der Waals surface area (Å²) in [5, 5.41) is 4.89. The van der Waals surface area contributed by atoms with Crippen molar-refractivity contribution in [1.82, 2.24) is 14.7 Å². The van der Waals surface area contributed by atoms with E-state index < -0.39 is 15.9 Å². The summed E-state index contributed by atoms with van der Waals surface area (Å²) in [6.45, 7) is 4.73. The van der Waals surface area contributed by atoms with Crippen LogP contribution in [0.25, 0.3) is 23.0 Å². The lowest BCUT2D eigenvalue weighted by atomic mass is 10.0. The molecule has 3 heterocycles. The first-order valence-electron chi connectivity index (χ1n) is 12.1. The van der Waals surface area contributed by atoms with Gasteiger partial charge in [0.1, 0.15) is 15.8 Å². The molecule has 5 rings (SSSR count). The highest BCUT2D eigenvalue weighted by Gasteiger charge is 2.42. The minimum Gasteiger partial charge on any atom is -0.494 e. The zero-order valence-electron chi connectivity index (χ0n) is 20.6. The zero-order chi connectivity index (χ0) is 26.2. The summed E-state index contributed by atoms with van der Waals surface area (Å²) in [7, 11) is -3.15. The van der Waals surface area contributed by atoms with Gasteiger partial charge in [-0.1, -0.05) is 49.1 Å². The molecule has 3 aromatic rings. The van der Waals surface area contributed by atoms with Gasteiger partial charge in [0.2, 0.25) is 0 Å². The highest BCUT2D eigenvalue weighted by molar-refractivity contribution is 8.26. The van der Waals surface area contributed by atoms with Gasteiger partial charge < -0.3 is 4.74 Å². The molecule has 192 valence electrons. The third kappa shape index (κ3) is 5.37. The van der Waals surface area contributed by atoms with Gasteiger partial charge >= 0.3 is 0 Å². The molecule has 2 aliphatic rings. The van der Waals surface area contributed by atoms with E-state index in [1.165, 1.54) is 16.7 Å². The van der Waals surface area contributed by atoms with Gasteiger partial charge in [0.15, 0.2) is 9.84 Å². The Morgan fingerprint density at radius 3 is 2.68 bits per heavy atom. The second kappa shape index (κ2) is 10.4. The number of amides is 1. The Hall–Kier alpha value is -2.95. The summed E-state index contributed by atoms with van der Waals surface area (Å²) in [6, 6.07) is 15.3. The molecule has 1 atom stereocenters. The summed E-state index contributed by atoms with van der Waals surface area (Å²) < 4.78 is 32.0. The van der Waals surface area contributed by atoms with Crippen LogP contribution in [0.15, 0.2) is 59.6 Å². The largest absolute Gasteiger partial charge is 0.494 e. The van der Waals surface area contributed by atoms with E-state index in [1.807, 2.05) is 67.7 Å². The number of carbonyl (C=O) groups is 1. The molecule has 7 nitrogen and oxygen atoms in total. The van der Waals surface area contributed by atoms with Crippen LogP contribution in [0.4, 0.5) is 0 Å². The van der Waals surface area contributed by atoms with Crippen molar-refractivity contribution in [3.63, 3.8) is 0 Å². The number of rotatable bonds is 7. The Morgan fingerprint density at radius 2 is 2.00 bits per heavy atom. The number of hydrogen-bond acceptors (Lipinski definition) is 7. The molecule has 0 saturated carbocycles. The third-order valence-corrected chi connectivity index (χ3v) is 9.45. The lowest BCUT2D eigenvalue weighted by Gasteiger charge is -2.20. The number of nitrogens with zero attached hydrogens (tertiary/aromatic N) is 3. The molecule has 0 radical (unpaired) electrons. The number of carbonyl (C=O) groups excluding carboxylic acids is 1. The van der Waals surface area contributed by atoms with Gasteiger partial charge in [0, 0.05) is 17.3 Å². The van der Waals surface area contributed by atoms with Crippen LogP contribution in [-0.2, 0) is 14.6 Å². The number of hydrogen-bond donors (Lipinski definition) is 0. The molecular weight excluding hydrogens is 527 g/mol. The van der Waals surface area contributed by atoms with Gasteiger partial charge in [0.25, 0.3) is 5.91 Å². The summed E-state index contributed by atoms with van der Waals surface area (Å²) >= 11 is 6.70. The van der Waals surface area contributed by atoms with Gasteiger partial charge in [-0.2, -0.15) is 5.10 Å². The maximum Gasteiger partial charge on any atom is 0.266 e. The van der Waals surface area contributed by atoms with Crippen LogP contribution in [0, 0.1) is 6.92 Å². The Morgan fingerprint density at radius 1 is 1.22 bits per heavy atom. The fourth-order valence-corrected chi connectivity index (χ4v) is 7.63. The summed E-state index contributed by atoms with van der Waals surface area (Å²) in [5.74, 6) is 0.587. The first-order chi connectivity index (χ1) is 17.8. The Kier molecular flexibility index (Phi) is 7.24. The minimum absolute atomic E-state index is 0.0461. The number of ether oxygens (including phenoxy) is 1. The van der Waals surface area contributed by atoms with Crippen molar-refractivity contribution in [3.8, 4) is 22.7 Å². The van der Waals surface area contributed by atoms with Gasteiger partial charge in [-0.05, 0) is 61.7 Å². The van der Waals surface area contributed by atoms with Crippen molar-refractivity contribution in [2.24, 2.45) is 0 Å². The molecule has 2 aliphatic heterocycles. The Labute approximate surface area is 226 Å². The topological polar surface area (TPSA) is 81.5 Å². The monoisotopic (exact) mass is 553 g/mol. The average Bonchev–Trinajstić information content (AvgIpc) is 3.53. The molecule has 0 spiro atoms. The van der Waals surface area contributed by atoms with Crippen molar-refractivity contribution in [1.29, 1.82) is 0 Å². The maximum absolute atomic E-state index is 13.4. The molecule has 2 aromatic carbocycles. The molecule has 1 aromatic heterocycles. The highest BCUT2D eigenvalue weighted by Crippen LogP contribution is 2.38. The number of benzene rings is 2. The third-order valence-electron chi connectivity index (χ3n) is 6.37. The van der Waals surface area contributed by atoms with Crippen LogP contribution >= 0.6 is 24.0 Å². The number of aromatic nitrogens is 2. The van der Waals surface area contributed by atoms with Gasteiger partial charge in [-0.3, -0.25) is 9.69 Å². The van der Waals surface area contributed by atoms with Crippen LogP contribution in [0.1, 0.15) is 30.9 Å². The second-order valence-corrected chi connectivity index (χ2v) is 13.1. The molecule has 2 saturated heterocycles. The number of sulfone groups is 1. The molecule has 1 unspecified atom stereocenters. The van der Waals surface area contributed by atoms with Crippen LogP contribution in [0.5, 0.6) is 5.75 Å². The van der Waals surface area contributed by atoms with Crippen LogP contribution in [0.2, 0.25) is 0 Å². The van der Waals surface area contributed by atoms with Crippen LogP contribution in [0.3, 0.4) is 0 Å². The molecule has 0 aliphatic carbocycles. The number of thiocarbonyl (C=S) groups is 1. The van der Waals surface area contributed by atoms with Crippen LogP contribution < -0.4 is 4.74 Å². The van der Waals surface area contributed by atoms with E-state index in [0.29, 0.717) is 22.3 Å². The molecular formula is C27H27N3O4S3. The fourth-order valence-electron chi connectivity index (χ4n) is 4.54. The van der Waals surface area contributed by atoms with E-state index in [0.717, 1.165) is 40.2 Å². The van der Waals surface area contributed by atoms with Gasteiger partial charge in [-0.15, -0.1) is 0 Å². The molecule has 0 N–H and O–H groups in total. The van der Waals surface area contributed by atoms with E-state index in [9.17, 15) is 13.2 Å². The van der Waals surface area contributed by atoms with Crippen molar-refractivity contribution >= 4 is 50.1 Å². The SMILES string of the molecule is CCCOc1ccc(-c2nn(-c3ccccc3)cc2C=C2SC(=S)N(C3CCS(=O)(=O)C3)C2=O)c(C)c1.